The summed E-state index contributed by atoms with van der Waals surface area (Å²) in [6.07, 6.45) is 4.33. The zero-order chi connectivity index (χ0) is 24.0. The molecular formula is C25H36N2O6. The van der Waals surface area contributed by atoms with Crippen LogP contribution in [-0.4, -0.2) is 65.3 Å². The van der Waals surface area contributed by atoms with Crippen molar-refractivity contribution in [2.24, 2.45) is 11.8 Å². The van der Waals surface area contributed by atoms with Crippen molar-refractivity contribution >= 4 is 17.6 Å². The highest BCUT2D eigenvalue weighted by atomic mass is 16.6. The number of ketones is 1. The molecule has 0 aromatic heterocycles. The van der Waals surface area contributed by atoms with Crippen LogP contribution in [0, 0.1) is 11.8 Å². The fraction of sp³-hybridized carbons (Fsp3) is 0.640. The summed E-state index contributed by atoms with van der Waals surface area (Å²) in [6, 6.07) is 6.37. The van der Waals surface area contributed by atoms with E-state index < -0.39 is 36.8 Å². The number of epoxide rings is 1. The van der Waals surface area contributed by atoms with Gasteiger partial charge in [-0.05, 0) is 55.1 Å². The average Bonchev–Trinajstić information content (AvgIpc) is 3.61. The Hall–Kier alpha value is -2.29. The van der Waals surface area contributed by atoms with Crippen LogP contribution in [0.2, 0.25) is 0 Å². The number of Topliss-reactive ketones (excluding diaryl/α,β-unsaturated/α-hetero) is 1. The van der Waals surface area contributed by atoms with E-state index in [-0.39, 0.29) is 30.6 Å². The number of benzene rings is 1. The first-order valence-electron chi connectivity index (χ1n) is 11.8. The molecule has 1 aliphatic heterocycles. The van der Waals surface area contributed by atoms with E-state index in [4.69, 9.17) is 4.74 Å². The Morgan fingerprint density at radius 2 is 1.82 bits per heavy atom. The third kappa shape index (κ3) is 6.62. The van der Waals surface area contributed by atoms with E-state index in [2.05, 4.69) is 22.8 Å². The van der Waals surface area contributed by atoms with Crippen LogP contribution in [-0.2, 0) is 32.0 Å². The molecule has 4 atom stereocenters. The maximum absolute atomic E-state index is 12.8. The summed E-state index contributed by atoms with van der Waals surface area (Å²) in [7, 11) is 0. The van der Waals surface area contributed by atoms with Gasteiger partial charge >= 0.3 is 0 Å². The van der Waals surface area contributed by atoms with Gasteiger partial charge in [-0.15, -0.1) is 0 Å². The normalized spacial score (nSPS) is 23.4. The van der Waals surface area contributed by atoms with E-state index >= 15 is 0 Å². The lowest BCUT2D eigenvalue weighted by atomic mass is 9.81. The van der Waals surface area contributed by atoms with E-state index in [9.17, 15) is 24.6 Å². The van der Waals surface area contributed by atoms with Gasteiger partial charge in [-0.3, -0.25) is 14.4 Å². The lowest BCUT2D eigenvalue weighted by Gasteiger charge is -2.26. The predicted octanol–water partition coefficient (Wildman–Crippen LogP) is 0.910. The summed E-state index contributed by atoms with van der Waals surface area (Å²) in [5, 5.41) is 24.4. The van der Waals surface area contributed by atoms with Crippen LogP contribution in [0.5, 0.6) is 0 Å². The van der Waals surface area contributed by atoms with Gasteiger partial charge in [0.2, 0.25) is 11.8 Å². The van der Waals surface area contributed by atoms with Crippen LogP contribution in [0.15, 0.2) is 24.3 Å². The Morgan fingerprint density at radius 3 is 2.42 bits per heavy atom. The Morgan fingerprint density at radius 1 is 1.12 bits per heavy atom. The molecule has 33 heavy (non-hydrogen) atoms. The molecule has 1 saturated heterocycles. The summed E-state index contributed by atoms with van der Waals surface area (Å²) < 4.78 is 5.14. The standard InChI is InChI=1S/C25H36N2O6/c1-16(2)11-20(23(31)25(14-29)15-33-25)27-24(32)21(13-28)26-22(30)10-8-17-7-9-18-5-3-4-6-19(18)12-17/h3-6,16-17,20-21,28-29H,7-15H2,1-2H3,(H,26,30)(H,27,32)/t17?,20-,21-,25+/m0/s1. The average molecular weight is 461 g/mol. The van der Waals surface area contributed by atoms with Crippen molar-refractivity contribution in [3.63, 3.8) is 0 Å². The monoisotopic (exact) mass is 460 g/mol. The van der Waals surface area contributed by atoms with E-state index in [1.54, 1.807) is 0 Å². The number of aliphatic hydroxyl groups is 2. The number of ether oxygens (including phenoxy) is 1. The Kier molecular flexibility index (Phi) is 8.62. The second kappa shape index (κ2) is 11.2. The fourth-order valence-corrected chi connectivity index (χ4v) is 4.51. The van der Waals surface area contributed by atoms with Crippen LogP contribution >= 0.6 is 0 Å². The largest absolute Gasteiger partial charge is 0.394 e. The molecule has 1 aliphatic carbocycles. The smallest absolute Gasteiger partial charge is 0.245 e. The summed E-state index contributed by atoms with van der Waals surface area (Å²) in [5.41, 5.74) is 1.46. The fourth-order valence-electron chi connectivity index (χ4n) is 4.51. The van der Waals surface area contributed by atoms with Gasteiger partial charge in [0.25, 0.3) is 0 Å². The first-order valence-corrected chi connectivity index (χ1v) is 11.8. The highest BCUT2D eigenvalue weighted by Gasteiger charge is 2.54. The van der Waals surface area contributed by atoms with Crippen LogP contribution in [0.25, 0.3) is 0 Å². The van der Waals surface area contributed by atoms with Crippen molar-refractivity contribution in [1.29, 1.82) is 0 Å². The third-order valence-corrected chi connectivity index (χ3v) is 6.60. The number of carbonyl (C=O) groups is 3. The molecule has 2 amide bonds. The van der Waals surface area contributed by atoms with Gasteiger partial charge in [-0.25, -0.2) is 0 Å². The van der Waals surface area contributed by atoms with Gasteiger partial charge in [-0.1, -0.05) is 38.1 Å². The SMILES string of the molecule is CC(C)C[C@H](NC(=O)[C@H](CO)NC(=O)CCC1CCc2ccccc2C1)C(=O)[C@@]1(CO)CO1. The number of fused-ring (bicyclic) bond motifs is 1. The van der Waals surface area contributed by atoms with Gasteiger partial charge in [-0.2, -0.15) is 0 Å². The van der Waals surface area contributed by atoms with E-state index in [1.165, 1.54) is 11.1 Å². The number of nitrogens with one attached hydrogen (secondary N) is 2. The first-order chi connectivity index (χ1) is 15.8. The minimum atomic E-state index is -1.25. The molecule has 0 saturated carbocycles. The number of rotatable bonds is 12. The second-order valence-corrected chi connectivity index (χ2v) is 9.71. The highest BCUT2D eigenvalue weighted by molar-refractivity contribution is 5.98. The van der Waals surface area contributed by atoms with Crippen molar-refractivity contribution in [2.75, 3.05) is 19.8 Å². The Bertz CT molecular complexity index is 851. The van der Waals surface area contributed by atoms with E-state index in [0.717, 1.165) is 19.3 Å². The van der Waals surface area contributed by atoms with Crippen LogP contribution in [0.1, 0.15) is 50.7 Å². The number of hydrogen-bond donors (Lipinski definition) is 4. The van der Waals surface area contributed by atoms with E-state index in [1.807, 2.05) is 26.0 Å². The first kappa shape index (κ1) is 25.3. The quantitative estimate of drug-likeness (QED) is 0.343. The van der Waals surface area contributed by atoms with Gasteiger partial charge in [0.05, 0.1) is 25.9 Å². The highest BCUT2D eigenvalue weighted by Crippen LogP contribution is 2.30. The summed E-state index contributed by atoms with van der Waals surface area (Å²) in [4.78, 5) is 38.0. The van der Waals surface area contributed by atoms with Crippen molar-refractivity contribution in [2.45, 2.75) is 70.1 Å². The summed E-state index contributed by atoms with van der Waals surface area (Å²) >= 11 is 0. The number of hydrogen-bond acceptors (Lipinski definition) is 6. The number of aryl methyl sites for hydroxylation is 1. The van der Waals surface area contributed by atoms with Gasteiger partial charge in [0, 0.05) is 6.42 Å². The van der Waals surface area contributed by atoms with Crippen LogP contribution in [0.4, 0.5) is 0 Å². The third-order valence-electron chi connectivity index (χ3n) is 6.60. The molecule has 8 heteroatoms. The molecule has 182 valence electrons. The summed E-state index contributed by atoms with van der Waals surface area (Å²) in [5.74, 6) is -0.783. The molecule has 3 rings (SSSR count). The van der Waals surface area contributed by atoms with Crippen LogP contribution in [0.3, 0.4) is 0 Å². The Labute approximate surface area is 195 Å². The second-order valence-electron chi connectivity index (χ2n) is 9.71. The molecule has 2 aliphatic rings. The number of aliphatic hydroxyl groups excluding tert-OH is 2. The zero-order valence-corrected chi connectivity index (χ0v) is 19.5. The van der Waals surface area contributed by atoms with Crippen molar-refractivity contribution < 1.29 is 29.3 Å². The minimum absolute atomic E-state index is 0.108. The number of amides is 2. The van der Waals surface area contributed by atoms with Gasteiger partial charge in [0.1, 0.15) is 6.04 Å². The Balaban J connectivity index is 1.50. The topological polar surface area (TPSA) is 128 Å². The molecule has 1 aromatic rings. The molecule has 0 spiro atoms. The molecule has 0 bridgehead atoms. The molecule has 1 fully saturated rings. The zero-order valence-electron chi connectivity index (χ0n) is 19.5. The molecule has 1 unspecified atom stereocenters. The summed E-state index contributed by atoms with van der Waals surface area (Å²) in [6.45, 7) is 2.95. The molecule has 0 radical (unpaired) electrons. The lowest BCUT2D eigenvalue weighted by molar-refractivity contribution is -0.134. The maximum atomic E-state index is 12.8. The molecule has 1 aromatic carbocycles. The predicted molar refractivity (Wildman–Crippen MR) is 122 cm³/mol. The lowest BCUT2D eigenvalue weighted by Crippen LogP contribution is -2.55. The molecule has 1 heterocycles. The number of carbonyl (C=O) groups excluding carboxylic acids is 3. The molecule has 8 nitrogen and oxygen atoms in total. The van der Waals surface area contributed by atoms with Gasteiger partial charge < -0.3 is 25.6 Å². The molecular weight excluding hydrogens is 424 g/mol. The molecule has 4 N–H and O–H groups in total. The maximum Gasteiger partial charge on any atom is 0.245 e. The van der Waals surface area contributed by atoms with Crippen molar-refractivity contribution in [1.82, 2.24) is 10.6 Å². The van der Waals surface area contributed by atoms with Crippen molar-refractivity contribution in [3.8, 4) is 0 Å². The van der Waals surface area contributed by atoms with Gasteiger partial charge in [0.15, 0.2) is 11.4 Å². The van der Waals surface area contributed by atoms with Crippen molar-refractivity contribution in [3.05, 3.63) is 35.4 Å². The van der Waals surface area contributed by atoms with E-state index in [0.29, 0.717) is 18.8 Å². The minimum Gasteiger partial charge on any atom is -0.394 e. The van der Waals surface area contributed by atoms with Crippen LogP contribution < -0.4 is 10.6 Å².